The number of aromatic amines is 1. The van der Waals surface area contributed by atoms with Crippen LogP contribution in [0.25, 0.3) is 22.5 Å². The van der Waals surface area contributed by atoms with Gasteiger partial charge in [0.05, 0.1) is 10.6 Å². The lowest BCUT2D eigenvalue weighted by Crippen LogP contribution is -2.37. The van der Waals surface area contributed by atoms with Crippen molar-refractivity contribution >= 4 is 33.3 Å². The lowest BCUT2D eigenvalue weighted by Gasteiger charge is -2.29. The first-order valence-electron chi connectivity index (χ1n) is 20.1. The predicted octanol–water partition coefficient (Wildman–Crippen LogP) is 8.11. The highest BCUT2D eigenvalue weighted by atomic mass is 32.2. The molecule has 12 nitrogen and oxygen atoms in total. The van der Waals surface area contributed by atoms with E-state index >= 15 is 0 Å². The first-order valence-corrected chi connectivity index (χ1v) is 21.7. The number of hydrogen-bond donors (Lipinski definition) is 3. The normalized spacial score (nSPS) is 16.2. The Labute approximate surface area is 345 Å². The number of alkyl carbamates (subject to hydrolysis) is 1. The summed E-state index contributed by atoms with van der Waals surface area (Å²) >= 11 is 0. The van der Waals surface area contributed by atoms with Crippen molar-refractivity contribution < 1.29 is 32.1 Å². The number of Topliss-reactive ketones (excluding diaryl/α,β-unsaturated/α-hetero) is 1. The Morgan fingerprint density at radius 1 is 0.881 bits per heavy atom. The fraction of sp³-hybridized carbons (Fsp3) is 0.370. The summed E-state index contributed by atoms with van der Waals surface area (Å²) in [6, 6.07) is 29.2. The van der Waals surface area contributed by atoms with E-state index in [2.05, 4.69) is 25.3 Å². The maximum atomic E-state index is 14.1. The van der Waals surface area contributed by atoms with Crippen LogP contribution >= 0.6 is 0 Å². The van der Waals surface area contributed by atoms with Crippen LogP contribution in [0.5, 0.6) is 0 Å². The predicted molar refractivity (Wildman–Crippen MR) is 227 cm³/mol. The summed E-state index contributed by atoms with van der Waals surface area (Å²) in [5.41, 5.74) is 4.79. The quantitative estimate of drug-likeness (QED) is 0.0942. The van der Waals surface area contributed by atoms with Crippen LogP contribution in [0.15, 0.2) is 111 Å². The molecule has 0 spiro atoms. The Hall–Kier alpha value is -5.82. The van der Waals surface area contributed by atoms with Gasteiger partial charge in [0.15, 0.2) is 15.7 Å². The standard InChI is InChI=1S/C46H52N4O8S/c1-30-13-22-39(59(55,56)24-23-31-9-6-5-7-10-31)28-40(30)36-12-8-11-33(25-36)26-37(43(52)48-38-20-18-35(19-21-38)42-49-45(54)58-50-42)27-41(51)34-16-14-32(15-17-34)29-47-44(53)57-46(2,3)4/h5-13,18-22,25,28,32,34,37H,14-17,23-24,26-27,29H2,1-4H3,(H,47,53)(H,48,52)(H,49,50,54)/t32?,34?,37-/m1/s1. The average Bonchev–Trinajstić information content (AvgIpc) is 3.65. The number of hydrogen-bond acceptors (Lipinski definition) is 9. The molecule has 1 aliphatic rings. The molecule has 1 fully saturated rings. The van der Waals surface area contributed by atoms with E-state index in [-0.39, 0.29) is 52.8 Å². The van der Waals surface area contributed by atoms with E-state index in [0.717, 1.165) is 40.7 Å². The molecule has 4 aromatic carbocycles. The Kier molecular flexibility index (Phi) is 13.7. The van der Waals surface area contributed by atoms with Crippen molar-refractivity contribution in [3.05, 3.63) is 124 Å². The number of H-pyrrole nitrogens is 1. The highest BCUT2D eigenvalue weighted by Gasteiger charge is 2.31. The van der Waals surface area contributed by atoms with Gasteiger partial charge < -0.3 is 15.4 Å². The van der Waals surface area contributed by atoms with Gasteiger partial charge in [-0.2, -0.15) is 0 Å². The minimum absolute atomic E-state index is 0.0164. The van der Waals surface area contributed by atoms with E-state index in [1.807, 2.05) is 88.4 Å². The van der Waals surface area contributed by atoms with Gasteiger partial charge in [-0.3, -0.25) is 19.1 Å². The summed E-state index contributed by atoms with van der Waals surface area (Å²) in [6.07, 6.45) is 3.13. The molecule has 13 heteroatoms. The highest BCUT2D eigenvalue weighted by molar-refractivity contribution is 7.91. The Morgan fingerprint density at radius 3 is 2.27 bits per heavy atom. The van der Waals surface area contributed by atoms with Crippen LogP contribution in [-0.2, 0) is 37.0 Å². The molecule has 1 saturated carbocycles. The van der Waals surface area contributed by atoms with Gasteiger partial charge in [0.2, 0.25) is 5.91 Å². The molecule has 6 rings (SSSR count). The molecular weight excluding hydrogens is 769 g/mol. The van der Waals surface area contributed by atoms with Crippen LogP contribution in [0, 0.1) is 24.7 Å². The number of anilines is 1. The molecule has 1 atom stereocenters. The zero-order valence-electron chi connectivity index (χ0n) is 34.0. The minimum Gasteiger partial charge on any atom is -0.444 e. The van der Waals surface area contributed by atoms with Crippen molar-refractivity contribution in [3.63, 3.8) is 0 Å². The van der Waals surface area contributed by atoms with Crippen molar-refractivity contribution in [3.8, 4) is 22.5 Å². The zero-order valence-corrected chi connectivity index (χ0v) is 34.8. The molecule has 0 radical (unpaired) electrons. The second-order valence-corrected chi connectivity index (χ2v) is 18.5. The molecule has 0 saturated heterocycles. The van der Waals surface area contributed by atoms with E-state index < -0.39 is 33.2 Å². The number of carbonyl (C=O) groups excluding carboxylic acids is 3. The van der Waals surface area contributed by atoms with Gasteiger partial charge in [-0.05, 0) is 136 Å². The van der Waals surface area contributed by atoms with Crippen LogP contribution in [-0.4, -0.2) is 54.2 Å². The Morgan fingerprint density at radius 2 is 1.59 bits per heavy atom. The Balaban J connectivity index is 1.17. The first kappa shape index (κ1) is 42.8. The number of ketones is 1. The third-order valence-corrected chi connectivity index (χ3v) is 12.4. The second kappa shape index (κ2) is 18.8. The van der Waals surface area contributed by atoms with Gasteiger partial charge in [0.25, 0.3) is 0 Å². The summed E-state index contributed by atoms with van der Waals surface area (Å²) in [4.78, 5) is 54.4. The SMILES string of the molecule is Cc1ccc(S(=O)(=O)CCc2ccccc2)cc1-c1cccc(C[C@H](CC(=O)C2CCC(CNC(=O)OC(C)(C)C)CC2)C(=O)Nc2ccc(-c3noc(=O)[nH]3)cc2)c1. The zero-order chi connectivity index (χ0) is 42.2. The molecule has 59 heavy (non-hydrogen) atoms. The lowest BCUT2D eigenvalue weighted by atomic mass is 9.77. The third kappa shape index (κ3) is 12.1. The summed E-state index contributed by atoms with van der Waals surface area (Å²) in [5, 5.41) is 9.55. The second-order valence-electron chi connectivity index (χ2n) is 16.4. The summed E-state index contributed by atoms with van der Waals surface area (Å²) in [5.74, 6) is -1.40. The first-order chi connectivity index (χ1) is 28.1. The number of sulfone groups is 1. The molecule has 3 N–H and O–H groups in total. The van der Waals surface area contributed by atoms with E-state index in [0.29, 0.717) is 37.1 Å². The van der Waals surface area contributed by atoms with E-state index in [4.69, 9.17) is 4.74 Å². The largest absolute Gasteiger partial charge is 0.444 e. The monoisotopic (exact) mass is 820 g/mol. The van der Waals surface area contributed by atoms with Gasteiger partial charge in [0, 0.05) is 36.1 Å². The molecule has 0 aliphatic heterocycles. The Bertz CT molecular complexity index is 2410. The minimum atomic E-state index is -3.57. The van der Waals surface area contributed by atoms with Gasteiger partial charge in [-0.15, -0.1) is 0 Å². The van der Waals surface area contributed by atoms with Crippen molar-refractivity contribution in [2.24, 2.45) is 17.8 Å². The lowest BCUT2D eigenvalue weighted by molar-refractivity contribution is -0.129. The number of rotatable bonds is 15. The highest BCUT2D eigenvalue weighted by Crippen LogP contribution is 2.33. The van der Waals surface area contributed by atoms with Gasteiger partial charge in [-0.25, -0.2) is 18.0 Å². The average molecular weight is 821 g/mol. The topological polar surface area (TPSA) is 178 Å². The van der Waals surface area contributed by atoms with Crippen molar-refractivity contribution in [2.45, 2.75) is 83.1 Å². The number of carbonyl (C=O) groups is 3. The fourth-order valence-corrected chi connectivity index (χ4v) is 8.79. The molecule has 310 valence electrons. The van der Waals surface area contributed by atoms with Crippen LogP contribution < -0.4 is 16.4 Å². The van der Waals surface area contributed by atoms with E-state index in [1.54, 1.807) is 36.4 Å². The van der Waals surface area contributed by atoms with Crippen molar-refractivity contribution in [1.29, 1.82) is 0 Å². The number of aromatic nitrogens is 2. The van der Waals surface area contributed by atoms with Gasteiger partial charge >= 0.3 is 11.8 Å². The molecule has 5 aromatic rings. The number of benzene rings is 4. The number of amides is 2. The molecule has 1 heterocycles. The number of ether oxygens (including phenoxy) is 1. The molecule has 1 aromatic heterocycles. The third-order valence-electron chi connectivity index (χ3n) is 10.7. The maximum absolute atomic E-state index is 14.1. The van der Waals surface area contributed by atoms with Crippen LogP contribution in [0.2, 0.25) is 0 Å². The summed E-state index contributed by atoms with van der Waals surface area (Å²) in [6.45, 7) is 7.86. The van der Waals surface area contributed by atoms with Crippen molar-refractivity contribution in [1.82, 2.24) is 15.5 Å². The number of nitrogens with zero attached hydrogens (tertiary/aromatic N) is 1. The summed E-state index contributed by atoms with van der Waals surface area (Å²) in [7, 11) is -3.57. The molecule has 0 bridgehead atoms. The molecule has 1 aliphatic carbocycles. The van der Waals surface area contributed by atoms with Crippen LogP contribution in [0.1, 0.15) is 69.6 Å². The molecule has 2 amide bonds. The smallest absolute Gasteiger partial charge is 0.439 e. The number of nitrogens with one attached hydrogen (secondary N) is 3. The van der Waals surface area contributed by atoms with E-state index in [9.17, 15) is 27.6 Å². The van der Waals surface area contributed by atoms with Gasteiger partial charge in [0.1, 0.15) is 11.4 Å². The molecule has 0 unspecified atom stereocenters. The number of aryl methyl sites for hydroxylation is 2. The van der Waals surface area contributed by atoms with Crippen molar-refractivity contribution in [2.75, 3.05) is 17.6 Å². The fourth-order valence-electron chi connectivity index (χ4n) is 7.48. The van der Waals surface area contributed by atoms with Gasteiger partial charge in [-0.1, -0.05) is 65.8 Å². The maximum Gasteiger partial charge on any atom is 0.439 e. The van der Waals surface area contributed by atoms with Crippen LogP contribution in [0.3, 0.4) is 0 Å². The van der Waals surface area contributed by atoms with Crippen LogP contribution in [0.4, 0.5) is 10.5 Å². The van der Waals surface area contributed by atoms with E-state index in [1.165, 1.54) is 0 Å². The summed E-state index contributed by atoms with van der Waals surface area (Å²) < 4.78 is 36.9. The molecular formula is C46H52N4O8S.